The Kier molecular flexibility index (Phi) is 6.06. The molecule has 1 aliphatic heterocycles. The van der Waals surface area contributed by atoms with E-state index in [1.54, 1.807) is 13.8 Å². The van der Waals surface area contributed by atoms with Crippen LogP contribution in [0.3, 0.4) is 0 Å². The quantitative estimate of drug-likeness (QED) is 0.597. The van der Waals surface area contributed by atoms with Crippen LogP contribution >= 0.6 is 0 Å². The van der Waals surface area contributed by atoms with Gasteiger partial charge in [-0.05, 0) is 56.4 Å². The maximum Gasteiger partial charge on any atom is 0.268 e. The molecule has 0 atom stereocenters. The molecule has 168 valence electrons. The average molecular weight is 453 g/mol. The van der Waals surface area contributed by atoms with Crippen molar-refractivity contribution in [1.29, 1.82) is 0 Å². The number of rotatable bonds is 7. The van der Waals surface area contributed by atoms with Crippen molar-refractivity contribution in [1.82, 2.24) is 15.1 Å². The second-order valence-electron chi connectivity index (χ2n) is 8.14. The van der Waals surface area contributed by atoms with Crippen LogP contribution in [0, 0.1) is 20.8 Å². The number of carbonyl (C=O) groups is 1. The van der Waals surface area contributed by atoms with Crippen molar-refractivity contribution in [3.05, 3.63) is 76.6 Å². The van der Waals surface area contributed by atoms with Crippen molar-refractivity contribution in [2.75, 3.05) is 17.4 Å². The van der Waals surface area contributed by atoms with E-state index in [-0.39, 0.29) is 17.3 Å². The summed E-state index contributed by atoms with van der Waals surface area (Å²) in [7, 11) is -3.77. The first-order valence-corrected chi connectivity index (χ1v) is 12.2. The summed E-state index contributed by atoms with van der Waals surface area (Å²) in [6.45, 7) is 6.33. The van der Waals surface area contributed by atoms with E-state index in [2.05, 4.69) is 16.5 Å². The Balaban J connectivity index is 1.47. The highest BCUT2D eigenvalue weighted by Crippen LogP contribution is 2.34. The molecule has 1 aliphatic rings. The molecular formula is C24H28N4O3S. The topological polar surface area (TPSA) is 84.3 Å². The maximum absolute atomic E-state index is 13.5. The Labute approximate surface area is 189 Å². The van der Waals surface area contributed by atoms with E-state index in [0.717, 1.165) is 12.0 Å². The molecule has 1 amide bonds. The van der Waals surface area contributed by atoms with Gasteiger partial charge in [0.05, 0.1) is 17.1 Å². The number of aromatic nitrogens is 2. The molecule has 0 spiro atoms. The zero-order chi connectivity index (χ0) is 22.9. The average Bonchev–Trinajstić information content (AvgIpc) is 3.31. The zero-order valence-corrected chi connectivity index (χ0v) is 19.4. The van der Waals surface area contributed by atoms with Crippen molar-refractivity contribution in [2.24, 2.45) is 0 Å². The molecule has 0 aliphatic carbocycles. The predicted octanol–water partition coefficient (Wildman–Crippen LogP) is 2.92. The van der Waals surface area contributed by atoms with Crippen molar-refractivity contribution >= 4 is 21.6 Å². The molecule has 4 rings (SSSR count). The van der Waals surface area contributed by atoms with Crippen LogP contribution in [0.5, 0.6) is 0 Å². The van der Waals surface area contributed by atoms with Gasteiger partial charge in [0, 0.05) is 13.1 Å². The largest absolute Gasteiger partial charge is 0.354 e. The first-order valence-electron chi connectivity index (χ1n) is 10.7. The highest BCUT2D eigenvalue weighted by Gasteiger charge is 2.35. The number of sulfonamides is 1. The molecule has 2 aromatic carbocycles. The van der Waals surface area contributed by atoms with E-state index in [0.29, 0.717) is 36.6 Å². The molecule has 0 saturated carbocycles. The number of benzene rings is 2. The molecule has 1 aromatic heterocycles. The van der Waals surface area contributed by atoms with Gasteiger partial charge < -0.3 is 5.32 Å². The lowest BCUT2D eigenvalue weighted by Crippen LogP contribution is -2.31. The SMILES string of the molecule is Cc1ccccc1CCNC(=O)Cn1nc(C)c(S(=O)(=O)N2CCc3ccccc32)c1C. The van der Waals surface area contributed by atoms with Crippen LogP contribution in [0.1, 0.15) is 28.1 Å². The van der Waals surface area contributed by atoms with E-state index in [1.165, 1.54) is 20.1 Å². The number of fused-ring (bicyclic) bond motifs is 1. The van der Waals surface area contributed by atoms with Crippen LogP contribution in [0.15, 0.2) is 53.4 Å². The highest BCUT2D eigenvalue weighted by molar-refractivity contribution is 7.93. The number of amides is 1. The van der Waals surface area contributed by atoms with E-state index in [9.17, 15) is 13.2 Å². The molecule has 8 heteroatoms. The predicted molar refractivity (Wildman–Crippen MR) is 124 cm³/mol. The molecule has 32 heavy (non-hydrogen) atoms. The van der Waals surface area contributed by atoms with E-state index in [1.807, 2.05) is 49.4 Å². The van der Waals surface area contributed by atoms with Gasteiger partial charge in [0.25, 0.3) is 10.0 Å². The standard InChI is InChI=1S/C24H28N4O3S/c1-17-8-4-5-9-20(17)12-14-25-23(29)16-27-19(3)24(18(2)26-27)32(30,31)28-15-13-21-10-6-7-11-22(21)28/h4-11H,12-16H2,1-3H3,(H,25,29). The number of hydrogen-bond donors (Lipinski definition) is 1. The number of hydrogen-bond acceptors (Lipinski definition) is 4. The minimum Gasteiger partial charge on any atom is -0.354 e. The summed E-state index contributed by atoms with van der Waals surface area (Å²) < 4.78 is 29.9. The van der Waals surface area contributed by atoms with Gasteiger partial charge in [-0.25, -0.2) is 8.42 Å². The summed E-state index contributed by atoms with van der Waals surface area (Å²) in [5.41, 5.74) is 5.00. The van der Waals surface area contributed by atoms with Gasteiger partial charge in [0.15, 0.2) is 0 Å². The molecular weight excluding hydrogens is 424 g/mol. The fourth-order valence-electron chi connectivity index (χ4n) is 4.29. The minimum atomic E-state index is -3.77. The summed E-state index contributed by atoms with van der Waals surface area (Å²) >= 11 is 0. The zero-order valence-electron chi connectivity index (χ0n) is 18.6. The molecule has 1 N–H and O–H groups in total. The van der Waals surface area contributed by atoms with E-state index >= 15 is 0 Å². The molecule has 0 saturated heterocycles. The third-order valence-corrected chi connectivity index (χ3v) is 8.05. The summed E-state index contributed by atoms with van der Waals surface area (Å²) in [6, 6.07) is 15.6. The number of anilines is 1. The van der Waals surface area contributed by atoms with Gasteiger partial charge in [0.1, 0.15) is 11.4 Å². The maximum atomic E-state index is 13.5. The van der Waals surface area contributed by atoms with Gasteiger partial charge in [-0.2, -0.15) is 5.10 Å². The number of carbonyl (C=O) groups excluding carboxylic acids is 1. The summed E-state index contributed by atoms with van der Waals surface area (Å²) in [5.74, 6) is -0.195. The smallest absolute Gasteiger partial charge is 0.268 e. The lowest BCUT2D eigenvalue weighted by atomic mass is 10.1. The number of aryl methyl sites for hydroxylation is 2. The van der Waals surface area contributed by atoms with Crippen LogP contribution in [0.4, 0.5) is 5.69 Å². The molecule has 0 radical (unpaired) electrons. The lowest BCUT2D eigenvalue weighted by molar-refractivity contribution is -0.121. The minimum absolute atomic E-state index is 0.0213. The van der Waals surface area contributed by atoms with Gasteiger partial charge in [-0.3, -0.25) is 13.8 Å². The first-order chi connectivity index (χ1) is 15.3. The molecule has 7 nitrogen and oxygen atoms in total. The third kappa shape index (κ3) is 4.14. The number of para-hydroxylation sites is 1. The second-order valence-corrected chi connectivity index (χ2v) is 9.94. The fourth-order valence-corrected chi connectivity index (χ4v) is 6.18. The Morgan fingerprint density at radius 2 is 1.78 bits per heavy atom. The van der Waals surface area contributed by atoms with Crippen molar-refractivity contribution < 1.29 is 13.2 Å². The molecule has 2 heterocycles. The molecule has 0 unspecified atom stereocenters. The summed E-state index contributed by atoms with van der Waals surface area (Å²) in [5, 5.41) is 7.28. The van der Waals surface area contributed by atoms with Crippen molar-refractivity contribution in [2.45, 2.75) is 45.1 Å². The second kappa shape index (κ2) is 8.78. The van der Waals surface area contributed by atoms with Crippen molar-refractivity contribution in [3.63, 3.8) is 0 Å². The van der Waals surface area contributed by atoms with E-state index in [4.69, 9.17) is 0 Å². The number of nitrogens with zero attached hydrogens (tertiary/aromatic N) is 3. The normalized spacial score (nSPS) is 13.3. The third-order valence-electron chi connectivity index (χ3n) is 5.98. The van der Waals surface area contributed by atoms with Crippen LogP contribution in [-0.4, -0.2) is 37.2 Å². The highest BCUT2D eigenvalue weighted by atomic mass is 32.2. The van der Waals surface area contributed by atoms with E-state index < -0.39 is 10.0 Å². The van der Waals surface area contributed by atoms with Crippen LogP contribution < -0.4 is 9.62 Å². The fraction of sp³-hybridized carbons (Fsp3) is 0.333. The van der Waals surface area contributed by atoms with Crippen LogP contribution in [0.2, 0.25) is 0 Å². The Morgan fingerprint density at radius 3 is 2.56 bits per heavy atom. The first kappa shape index (κ1) is 22.1. The molecule has 0 bridgehead atoms. The summed E-state index contributed by atoms with van der Waals surface area (Å²) in [6.07, 6.45) is 1.43. The molecule has 0 fully saturated rings. The lowest BCUT2D eigenvalue weighted by Gasteiger charge is -2.19. The van der Waals surface area contributed by atoms with Crippen LogP contribution in [-0.2, 0) is 34.2 Å². The Hall–Kier alpha value is -3.13. The van der Waals surface area contributed by atoms with Gasteiger partial charge in [-0.15, -0.1) is 0 Å². The number of nitrogens with one attached hydrogen (secondary N) is 1. The summed E-state index contributed by atoms with van der Waals surface area (Å²) in [4.78, 5) is 12.7. The Bertz CT molecular complexity index is 1260. The van der Waals surface area contributed by atoms with Gasteiger partial charge in [-0.1, -0.05) is 42.5 Å². The van der Waals surface area contributed by atoms with Gasteiger partial charge in [0.2, 0.25) is 5.91 Å². The molecule has 3 aromatic rings. The monoisotopic (exact) mass is 452 g/mol. The van der Waals surface area contributed by atoms with Gasteiger partial charge >= 0.3 is 0 Å². The van der Waals surface area contributed by atoms with Crippen molar-refractivity contribution in [3.8, 4) is 0 Å². The Morgan fingerprint density at radius 1 is 1.06 bits per heavy atom. The van der Waals surface area contributed by atoms with Crippen LogP contribution in [0.25, 0.3) is 0 Å².